The summed E-state index contributed by atoms with van der Waals surface area (Å²) in [5, 5.41) is 1.62. The minimum atomic E-state index is -4.92. The number of halogens is 3. The van der Waals surface area contributed by atoms with Crippen LogP contribution in [0.3, 0.4) is 0 Å². The quantitative estimate of drug-likeness (QED) is 0.393. The number of hydrogen-bond acceptors (Lipinski definition) is 1. The van der Waals surface area contributed by atoms with E-state index in [9.17, 15) is 17.7 Å². The van der Waals surface area contributed by atoms with Gasteiger partial charge < -0.3 is 18.3 Å². The molecule has 11 heavy (non-hydrogen) atoms. The van der Waals surface area contributed by atoms with Gasteiger partial charge in [0.15, 0.2) is 0 Å². The first kappa shape index (κ1) is 14.2. The zero-order valence-electron chi connectivity index (χ0n) is 6.11. The van der Waals surface area contributed by atoms with Gasteiger partial charge in [-0.15, -0.1) is 0 Å². The van der Waals surface area contributed by atoms with E-state index in [0.29, 0.717) is 0 Å². The number of carbonyl (C=O) groups is 1. The molecule has 0 atom stereocenters. The van der Waals surface area contributed by atoms with Gasteiger partial charge in [-0.25, -0.2) is 0 Å². The second-order valence-electron chi connectivity index (χ2n) is 1.66. The summed E-state index contributed by atoms with van der Waals surface area (Å²) in [5.41, 5.74) is 0. The standard InChI is InChI=1S/C4H6BF3NO.K/c1-2-4(10)9-3-5(6,7)8;/h2H,1,3H2,(H,9,10);/q-1;+1. The fourth-order valence-electron chi connectivity index (χ4n) is 0.288. The van der Waals surface area contributed by atoms with Gasteiger partial charge in [-0.05, 0) is 12.5 Å². The maximum Gasteiger partial charge on any atom is 1.00 e. The van der Waals surface area contributed by atoms with E-state index < -0.39 is 19.3 Å². The molecule has 2 nitrogen and oxygen atoms in total. The maximum atomic E-state index is 11.4. The Hall–Kier alpha value is 0.701. The minimum absolute atomic E-state index is 0. The Kier molecular flexibility index (Phi) is 8.08. The van der Waals surface area contributed by atoms with Crippen molar-refractivity contribution in [2.75, 3.05) is 6.44 Å². The maximum absolute atomic E-state index is 11.4. The van der Waals surface area contributed by atoms with Gasteiger partial charge in [0, 0.05) is 0 Å². The largest absolute Gasteiger partial charge is 1.00 e. The molecule has 1 amide bonds. The van der Waals surface area contributed by atoms with Gasteiger partial charge in [0.25, 0.3) is 0 Å². The first-order valence-electron chi connectivity index (χ1n) is 2.57. The fraction of sp³-hybridized carbons (Fsp3) is 0.250. The van der Waals surface area contributed by atoms with Crippen LogP contribution in [0.5, 0.6) is 0 Å². The summed E-state index contributed by atoms with van der Waals surface area (Å²) in [6, 6.07) is 0. The van der Waals surface area contributed by atoms with E-state index in [0.717, 1.165) is 6.08 Å². The Morgan fingerprint density at radius 1 is 1.55 bits per heavy atom. The van der Waals surface area contributed by atoms with Crippen molar-refractivity contribution in [1.29, 1.82) is 0 Å². The van der Waals surface area contributed by atoms with Crippen LogP contribution in [-0.4, -0.2) is 19.3 Å². The number of amides is 1. The van der Waals surface area contributed by atoms with E-state index in [1.54, 1.807) is 5.32 Å². The minimum Gasteiger partial charge on any atom is -0.448 e. The van der Waals surface area contributed by atoms with E-state index >= 15 is 0 Å². The normalized spacial score (nSPS) is 9.73. The molecular weight excluding hydrogens is 185 g/mol. The third-order valence-corrected chi connectivity index (χ3v) is 0.693. The van der Waals surface area contributed by atoms with Crippen molar-refractivity contribution in [1.82, 2.24) is 5.32 Å². The van der Waals surface area contributed by atoms with Crippen LogP contribution in [0.2, 0.25) is 0 Å². The Balaban J connectivity index is 0. The summed E-state index contributed by atoms with van der Waals surface area (Å²) in [6.45, 7) is -1.93. The molecule has 0 rings (SSSR count). The Morgan fingerprint density at radius 3 is 2.27 bits per heavy atom. The van der Waals surface area contributed by atoms with E-state index in [4.69, 9.17) is 0 Å². The van der Waals surface area contributed by atoms with Gasteiger partial charge in [-0.3, -0.25) is 4.79 Å². The summed E-state index contributed by atoms with van der Waals surface area (Å²) < 4.78 is 34.1. The number of rotatable bonds is 3. The molecule has 0 bridgehead atoms. The Labute approximate surface area is 105 Å². The van der Waals surface area contributed by atoms with Gasteiger partial charge in [-0.1, -0.05) is 6.58 Å². The molecular formula is C4H6BF3KNO. The molecule has 0 aliphatic carbocycles. The molecule has 1 N–H and O–H groups in total. The van der Waals surface area contributed by atoms with E-state index in [2.05, 4.69) is 6.58 Å². The molecule has 7 heteroatoms. The zero-order valence-corrected chi connectivity index (χ0v) is 9.23. The van der Waals surface area contributed by atoms with Crippen LogP contribution in [0.25, 0.3) is 0 Å². The van der Waals surface area contributed by atoms with Crippen LogP contribution < -0.4 is 56.7 Å². The van der Waals surface area contributed by atoms with Crippen molar-refractivity contribution < 1.29 is 69.1 Å². The summed E-state index contributed by atoms with van der Waals surface area (Å²) in [7, 11) is 0. The van der Waals surface area contributed by atoms with Crippen LogP contribution >= 0.6 is 0 Å². The molecule has 0 saturated heterocycles. The van der Waals surface area contributed by atoms with Crippen LogP contribution in [0.4, 0.5) is 12.9 Å². The van der Waals surface area contributed by atoms with Gasteiger partial charge in [0.05, 0.1) is 0 Å². The van der Waals surface area contributed by atoms with Gasteiger partial charge in [0.1, 0.15) is 0 Å². The van der Waals surface area contributed by atoms with Crippen LogP contribution in [0, 0.1) is 0 Å². The molecule has 0 radical (unpaired) electrons. The number of hydrogen-bond donors (Lipinski definition) is 1. The van der Waals surface area contributed by atoms with Crippen molar-refractivity contribution in [3.8, 4) is 0 Å². The second kappa shape index (κ2) is 6.24. The topological polar surface area (TPSA) is 29.1 Å². The Bertz CT molecular complexity index is 149. The third kappa shape index (κ3) is 10.7. The van der Waals surface area contributed by atoms with Gasteiger partial charge in [0.2, 0.25) is 5.91 Å². The summed E-state index contributed by atoms with van der Waals surface area (Å²) in [6.07, 6.45) is -0.452. The average molecular weight is 191 g/mol. The number of carbonyl (C=O) groups excluding carboxylic acids is 1. The van der Waals surface area contributed by atoms with Gasteiger partial charge >= 0.3 is 58.4 Å². The summed E-state index contributed by atoms with van der Waals surface area (Å²) in [4.78, 5) is 10.1. The zero-order chi connectivity index (χ0) is 8.20. The molecule has 0 spiro atoms. The molecule has 0 heterocycles. The van der Waals surface area contributed by atoms with Gasteiger partial charge in [-0.2, -0.15) is 0 Å². The van der Waals surface area contributed by atoms with Crippen molar-refractivity contribution in [2.45, 2.75) is 0 Å². The van der Waals surface area contributed by atoms with Crippen molar-refractivity contribution >= 4 is 12.9 Å². The van der Waals surface area contributed by atoms with Crippen LogP contribution in [0.15, 0.2) is 12.7 Å². The van der Waals surface area contributed by atoms with Crippen molar-refractivity contribution in [3.63, 3.8) is 0 Å². The monoisotopic (exact) mass is 191 g/mol. The predicted molar refractivity (Wildman–Crippen MR) is 32.3 cm³/mol. The van der Waals surface area contributed by atoms with Crippen molar-refractivity contribution in [3.05, 3.63) is 12.7 Å². The molecule has 0 fully saturated rings. The molecule has 0 saturated carbocycles. The molecule has 0 unspecified atom stereocenters. The van der Waals surface area contributed by atoms with E-state index in [1.165, 1.54) is 0 Å². The molecule has 0 aliphatic heterocycles. The molecule has 0 aromatic heterocycles. The number of nitrogens with one attached hydrogen (secondary N) is 1. The van der Waals surface area contributed by atoms with Crippen LogP contribution in [0.1, 0.15) is 0 Å². The average Bonchev–Trinajstić information content (AvgIpc) is 1.81. The third-order valence-electron chi connectivity index (χ3n) is 0.693. The molecule has 58 valence electrons. The summed E-state index contributed by atoms with van der Waals surface area (Å²) in [5.74, 6) is -0.806. The first-order chi connectivity index (χ1) is 4.45. The molecule has 0 aromatic carbocycles. The smallest absolute Gasteiger partial charge is 0.448 e. The van der Waals surface area contributed by atoms with E-state index in [1.807, 2.05) is 0 Å². The van der Waals surface area contributed by atoms with Crippen molar-refractivity contribution in [2.24, 2.45) is 0 Å². The molecule has 0 aromatic rings. The van der Waals surface area contributed by atoms with Crippen LogP contribution in [-0.2, 0) is 4.79 Å². The first-order valence-corrected chi connectivity index (χ1v) is 2.57. The molecule has 0 aliphatic rings. The SMILES string of the molecule is C=CC(=O)NC[B-](F)(F)F.[K+]. The fourth-order valence-corrected chi connectivity index (χ4v) is 0.288. The predicted octanol–water partition coefficient (Wildman–Crippen LogP) is -2.32. The second-order valence-corrected chi connectivity index (χ2v) is 1.66. The van der Waals surface area contributed by atoms with E-state index in [-0.39, 0.29) is 51.4 Å². The summed E-state index contributed by atoms with van der Waals surface area (Å²) >= 11 is 0. The Morgan fingerprint density at radius 2 is 2.00 bits per heavy atom.